The van der Waals surface area contributed by atoms with E-state index in [1.54, 1.807) is 0 Å². The molecule has 2 nitrogen and oxygen atoms in total. The van der Waals surface area contributed by atoms with Crippen molar-refractivity contribution in [3.8, 4) is 0 Å². The first-order chi connectivity index (χ1) is 4.83. The molecule has 10 heavy (non-hydrogen) atoms. The van der Waals surface area contributed by atoms with Gasteiger partial charge in [0, 0.05) is 6.54 Å². The van der Waals surface area contributed by atoms with Crippen molar-refractivity contribution < 1.29 is 4.74 Å². The van der Waals surface area contributed by atoms with Gasteiger partial charge in [0.05, 0.1) is 6.61 Å². The maximum atomic E-state index is 5.41. The molecule has 1 N–H and O–H groups in total. The molecule has 1 heterocycles. The lowest BCUT2D eigenvalue weighted by Gasteiger charge is -2.13. The first-order valence-electron chi connectivity index (χ1n) is 4.18. The Balaban J connectivity index is 2.11. The van der Waals surface area contributed by atoms with Crippen molar-refractivity contribution in [1.82, 2.24) is 5.32 Å². The lowest BCUT2D eigenvalue weighted by Crippen LogP contribution is -2.24. The molecule has 2 atom stereocenters. The third-order valence-electron chi connectivity index (χ3n) is 2.11. The number of ether oxygens (including phenoxy) is 1. The molecule has 1 aliphatic rings. The molecule has 1 aliphatic heterocycles. The summed E-state index contributed by atoms with van der Waals surface area (Å²) in [6.07, 6.45) is 2.76. The molecule has 0 saturated carbocycles. The quantitative estimate of drug-likeness (QED) is 0.644. The molecule has 1 rings (SSSR count). The van der Waals surface area contributed by atoms with Crippen LogP contribution in [-0.4, -0.2) is 19.4 Å². The van der Waals surface area contributed by atoms with Crippen molar-refractivity contribution in [1.29, 1.82) is 0 Å². The minimum absolute atomic E-state index is 0.343. The first kappa shape index (κ1) is 8.02. The smallest absolute Gasteiger partial charge is 0.108 e. The monoisotopic (exact) mass is 143 g/mol. The van der Waals surface area contributed by atoms with Crippen LogP contribution in [0.2, 0.25) is 0 Å². The molecule has 0 aromatic rings. The minimum Gasteiger partial charge on any atom is -0.362 e. The zero-order chi connectivity index (χ0) is 7.40. The van der Waals surface area contributed by atoms with Gasteiger partial charge in [0.25, 0.3) is 0 Å². The van der Waals surface area contributed by atoms with Crippen LogP contribution in [0.3, 0.4) is 0 Å². The summed E-state index contributed by atoms with van der Waals surface area (Å²) in [5.41, 5.74) is 0. The summed E-state index contributed by atoms with van der Waals surface area (Å²) in [6, 6.07) is 0. The van der Waals surface area contributed by atoms with E-state index in [4.69, 9.17) is 4.74 Å². The predicted molar refractivity (Wildman–Crippen MR) is 41.8 cm³/mol. The molecule has 0 amide bonds. The Morgan fingerprint density at radius 2 is 2.50 bits per heavy atom. The molecular formula is C8H17NO. The normalized spacial score (nSPS) is 28.8. The van der Waals surface area contributed by atoms with E-state index in [-0.39, 0.29) is 0 Å². The largest absolute Gasteiger partial charge is 0.362 e. The van der Waals surface area contributed by atoms with Gasteiger partial charge < -0.3 is 4.74 Å². The van der Waals surface area contributed by atoms with Gasteiger partial charge in [0.2, 0.25) is 0 Å². The third kappa shape index (κ3) is 2.27. The fourth-order valence-corrected chi connectivity index (χ4v) is 1.16. The fourth-order valence-electron chi connectivity index (χ4n) is 1.16. The average molecular weight is 143 g/mol. The minimum atomic E-state index is 0.343. The van der Waals surface area contributed by atoms with Gasteiger partial charge in [-0.15, -0.1) is 0 Å². The van der Waals surface area contributed by atoms with E-state index < -0.39 is 0 Å². The highest BCUT2D eigenvalue weighted by Crippen LogP contribution is 2.12. The Labute approximate surface area is 63.0 Å². The summed E-state index contributed by atoms with van der Waals surface area (Å²) in [5.74, 6) is 0.788. The number of nitrogens with one attached hydrogen (secondary N) is 1. The summed E-state index contributed by atoms with van der Waals surface area (Å²) in [7, 11) is 0. The van der Waals surface area contributed by atoms with E-state index in [2.05, 4.69) is 19.2 Å². The summed E-state index contributed by atoms with van der Waals surface area (Å²) in [4.78, 5) is 0. The number of rotatable bonds is 3. The number of hydrogen-bond donors (Lipinski definition) is 1. The van der Waals surface area contributed by atoms with Crippen LogP contribution >= 0.6 is 0 Å². The van der Waals surface area contributed by atoms with E-state index in [0.717, 1.165) is 25.5 Å². The predicted octanol–water partition coefficient (Wildman–Crippen LogP) is 1.37. The van der Waals surface area contributed by atoms with E-state index in [0.29, 0.717) is 6.23 Å². The maximum absolute atomic E-state index is 5.41. The van der Waals surface area contributed by atoms with Gasteiger partial charge in [-0.2, -0.15) is 0 Å². The standard InChI is InChI=1S/C8H17NO/c1-3-7(2)6-8-9-4-5-10-8/h7-9H,3-6H2,1-2H3. The molecule has 2 heteroatoms. The van der Waals surface area contributed by atoms with E-state index >= 15 is 0 Å². The molecule has 0 spiro atoms. The zero-order valence-electron chi connectivity index (χ0n) is 6.89. The van der Waals surface area contributed by atoms with Crippen molar-refractivity contribution in [2.24, 2.45) is 5.92 Å². The van der Waals surface area contributed by atoms with Gasteiger partial charge in [0.1, 0.15) is 6.23 Å². The zero-order valence-corrected chi connectivity index (χ0v) is 6.89. The van der Waals surface area contributed by atoms with Crippen molar-refractivity contribution >= 4 is 0 Å². The molecular weight excluding hydrogens is 126 g/mol. The molecule has 0 aliphatic carbocycles. The van der Waals surface area contributed by atoms with Gasteiger partial charge in [-0.05, 0) is 12.3 Å². The molecule has 0 aromatic heterocycles. The van der Waals surface area contributed by atoms with Gasteiger partial charge in [-0.25, -0.2) is 0 Å². The second-order valence-corrected chi connectivity index (χ2v) is 3.06. The van der Waals surface area contributed by atoms with Crippen molar-refractivity contribution in [2.75, 3.05) is 13.2 Å². The Hall–Kier alpha value is -0.0800. The average Bonchev–Trinajstić information content (AvgIpc) is 2.40. The van der Waals surface area contributed by atoms with Crippen LogP contribution in [-0.2, 0) is 4.74 Å². The molecule has 0 radical (unpaired) electrons. The van der Waals surface area contributed by atoms with Gasteiger partial charge >= 0.3 is 0 Å². The van der Waals surface area contributed by atoms with Crippen LogP contribution < -0.4 is 5.32 Å². The van der Waals surface area contributed by atoms with Gasteiger partial charge in [-0.3, -0.25) is 5.32 Å². The number of hydrogen-bond acceptors (Lipinski definition) is 2. The second kappa shape index (κ2) is 3.94. The lowest BCUT2D eigenvalue weighted by molar-refractivity contribution is 0.0813. The summed E-state index contributed by atoms with van der Waals surface area (Å²) in [5, 5.41) is 3.30. The van der Waals surface area contributed by atoms with Crippen LogP contribution in [0.15, 0.2) is 0 Å². The Morgan fingerprint density at radius 1 is 1.70 bits per heavy atom. The van der Waals surface area contributed by atoms with Crippen molar-refractivity contribution in [2.45, 2.75) is 32.9 Å². The SMILES string of the molecule is CCC(C)CC1NCCO1. The second-order valence-electron chi connectivity index (χ2n) is 3.06. The summed E-state index contributed by atoms with van der Waals surface area (Å²) >= 11 is 0. The molecule has 2 unspecified atom stereocenters. The molecule has 1 fully saturated rings. The van der Waals surface area contributed by atoms with Crippen molar-refractivity contribution in [3.05, 3.63) is 0 Å². The Kier molecular flexibility index (Phi) is 3.16. The van der Waals surface area contributed by atoms with Crippen LogP contribution in [0.25, 0.3) is 0 Å². The Bertz CT molecular complexity index is 89.3. The topological polar surface area (TPSA) is 21.3 Å². The Morgan fingerprint density at radius 3 is 3.00 bits per heavy atom. The lowest BCUT2D eigenvalue weighted by atomic mass is 10.0. The van der Waals surface area contributed by atoms with Crippen molar-refractivity contribution in [3.63, 3.8) is 0 Å². The molecule has 1 saturated heterocycles. The van der Waals surface area contributed by atoms with E-state index in [1.807, 2.05) is 0 Å². The summed E-state index contributed by atoms with van der Waals surface area (Å²) < 4.78 is 5.41. The first-order valence-corrected chi connectivity index (χ1v) is 4.18. The van der Waals surface area contributed by atoms with Crippen LogP contribution in [0, 0.1) is 5.92 Å². The highest BCUT2D eigenvalue weighted by atomic mass is 16.5. The van der Waals surface area contributed by atoms with Crippen LogP contribution in [0.4, 0.5) is 0 Å². The van der Waals surface area contributed by atoms with Gasteiger partial charge in [-0.1, -0.05) is 20.3 Å². The van der Waals surface area contributed by atoms with Crippen LogP contribution in [0.5, 0.6) is 0 Å². The molecule has 60 valence electrons. The van der Waals surface area contributed by atoms with Gasteiger partial charge in [0.15, 0.2) is 0 Å². The highest BCUT2D eigenvalue weighted by Gasteiger charge is 2.15. The van der Waals surface area contributed by atoms with E-state index in [1.165, 1.54) is 6.42 Å². The third-order valence-corrected chi connectivity index (χ3v) is 2.11. The fraction of sp³-hybridized carbons (Fsp3) is 1.00. The highest BCUT2D eigenvalue weighted by molar-refractivity contribution is 4.65. The maximum Gasteiger partial charge on any atom is 0.108 e. The van der Waals surface area contributed by atoms with Crippen LogP contribution in [0.1, 0.15) is 26.7 Å². The molecule has 0 aromatic carbocycles. The summed E-state index contributed by atoms with van der Waals surface area (Å²) in [6.45, 7) is 6.41. The molecule has 0 bridgehead atoms. The van der Waals surface area contributed by atoms with E-state index in [9.17, 15) is 0 Å².